The van der Waals surface area contributed by atoms with Crippen LogP contribution in [0.3, 0.4) is 0 Å². The van der Waals surface area contributed by atoms with Crippen molar-refractivity contribution in [3.8, 4) is 0 Å². The van der Waals surface area contributed by atoms with E-state index in [0.29, 0.717) is 58.9 Å². The Bertz CT molecular complexity index is 3340. The number of aromatic nitrogens is 4. The van der Waals surface area contributed by atoms with Gasteiger partial charge in [-0.15, -0.1) is 0 Å². The molecule has 4 aromatic carbocycles. The van der Waals surface area contributed by atoms with Crippen LogP contribution in [-0.2, 0) is 81.6 Å². The smallest absolute Gasteiger partial charge is 0.328 e. The van der Waals surface area contributed by atoms with Crippen molar-refractivity contribution < 1.29 is 43.0 Å². The van der Waals surface area contributed by atoms with Crippen molar-refractivity contribution in [1.82, 2.24) is 55.5 Å². The summed E-state index contributed by atoms with van der Waals surface area (Å²) in [5.41, 5.74) is 8.49. The molecule has 4 heterocycles. The molecule has 452 valence electrons. The zero-order valence-electron chi connectivity index (χ0n) is 49.6. The van der Waals surface area contributed by atoms with E-state index in [-0.39, 0.29) is 70.5 Å². The third-order valence-electron chi connectivity index (χ3n) is 15.6. The predicted molar refractivity (Wildman–Crippen MR) is 328 cm³/mol. The topological polar surface area (TPSA) is 231 Å². The SMILES string of the molecule is CCOC(=O)[C@H](Cc1ccccc1)NC(=O)CN1CCN(CC(=O)N[C@@H](Cc2ccccc2)C(=O)OCC)CCN(Cc2ccc3c(n2)c2ncccc2c2nc4c(nc32)CCCC4)CCN(CC(=O)N[C@@H](Cc2ccccc2)C(=O)OCC)CC1. The molecule has 3 amide bonds. The highest BCUT2D eigenvalue weighted by Crippen LogP contribution is 2.33. The lowest BCUT2D eigenvalue weighted by atomic mass is 9.99. The summed E-state index contributed by atoms with van der Waals surface area (Å²) in [7, 11) is 0. The largest absolute Gasteiger partial charge is 0.464 e. The van der Waals surface area contributed by atoms with E-state index >= 15 is 0 Å². The number of hydrogen-bond acceptors (Lipinski definition) is 17. The van der Waals surface area contributed by atoms with Crippen molar-refractivity contribution in [3.63, 3.8) is 0 Å². The van der Waals surface area contributed by atoms with Gasteiger partial charge in [-0.2, -0.15) is 0 Å². The van der Waals surface area contributed by atoms with Crippen LogP contribution in [0, 0.1) is 0 Å². The van der Waals surface area contributed by atoms with Gasteiger partial charge in [-0.3, -0.25) is 39.0 Å². The van der Waals surface area contributed by atoms with Crippen LogP contribution in [-0.4, -0.2) is 185 Å². The molecule has 0 saturated carbocycles. The summed E-state index contributed by atoms with van der Waals surface area (Å²) in [4.78, 5) is 112. The Morgan fingerprint density at radius 2 is 0.791 bits per heavy atom. The lowest BCUT2D eigenvalue weighted by molar-refractivity contribution is -0.148. The first-order valence-corrected chi connectivity index (χ1v) is 30.2. The van der Waals surface area contributed by atoms with Gasteiger partial charge in [0.1, 0.15) is 18.1 Å². The molecule has 0 bridgehead atoms. The summed E-state index contributed by atoms with van der Waals surface area (Å²) in [6.07, 6.45) is 6.38. The fourth-order valence-electron chi connectivity index (χ4n) is 11.2. The number of fused-ring (bicyclic) bond motifs is 7. The van der Waals surface area contributed by atoms with Gasteiger partial charge in [0.2, 0.25) is 17.7 Å². The first-order valence-electron chi connectivity index (χ1n) is 30.2. The lowest BCUT2D eigenvalue weighted by Gasteiger charge is -2.34. The van der Waals surface area contributed by atoms with E-state index in [1.807, 2.05) is 124 Å². The number of ether oxygens (including phenoxy) is 3. The van der Waals surface area contributed by atoms with Gasteiger partial charge >= 0.3 is 17.9 Å². The molecule has 1 aliphatic carbocycles. The molecule has 7 aromatic rings. The fourth-order valence-corrected chi connectivity index (χ4v) is 11.2. The number of benzene rings is 4. The molecule has 9 rings (SSSR count). The number of pyridine rings is 2. The molecule has 20 nitrogen and oxygen atoms in total. The summed E-state index contributed by atoms with van der Waals surface area (Å²) >= 11 is 0. The summed E-state index contributed by atoms with van der Waals surface area (Å²) < 4.78 is 16.3. The van der Waals surface area contributed by atoms with Crippen molar-refractivity contribution in [1.29, 1.82) is 0 Å². The lowest BCUT2D eigenvalue weighted by Crippen LogP contribution is -2.53. The van der Waals surface area contributed by atoms with Gasteiger partial charge in [0.25, 0.3) is 0 Å². The summed E-state index contributed by atoms with van der Waals surface area (Å²) in [6.45, 7) is 8.56. The highest BCUT2D eigenvalue weighted by atomic mass is 16.5. The average molecular weight is 1170 g/mol. The Hall–Kier alpha value is -8.30. The van der Waals surface area contributed by atoms with E-state index < -0.39 is 41.9 Å². The minimum atomic E-state index is -0.958. The maximum atomic E-state index is 14.3. The van der Waals surface area contributed by atoms with E-state index in [9.17, 15) is 28.8 Å². The van der Waals surface area contributed by atoms with Gasteiger partial charge in [-0.1, -0.05) is 91.0 Å². The molecular formula is C66H79N11O9. The van der Waals surface area contributed by atoms with Crippen LogP contribution in [0.2, 0.25) is 0 Å². The molecule has 3 N–H and O–H groups in total. The molecule has 0 unspecified atom stereocenters. The Kier molecular flexibility index (Phi) is 22.6. The molecular weight excluding hydrogens is 1090 g/mol. The van der Waals surface area contributed by atoms with Crippen LogP contribution in [0.25, 0.3) is 32.8 Å². The second kappa shape index (κ2) is 31.2. The molecule has 1 fully saturated rings. The number of hydrogen-bond donors (Lipinski definition) is 3. The van der Waals surface area contributed by atoms with E-state index in [1.165, 1.54) is 0 Å². The molecule has 3 atom stereocenters. The molecule has 1 aliphatic heterocycles. The number of nitrogens with zero attached hydrogens (tertiary/aromatic N) is 8. The molecule has 2 aliphatic rings. The first kappa shape index (κ1) is 62.2. The van der Waals surface area contributed by atoms with Crippen molar-refractivity contribution in [2.24, 2.45) is 0 Å². The minimum Gasteiger partial charge on any atom is -0.464 e. The first-order chi connectivity index (χ1) is 41.9. The zero-order valence-corrected chi connectivity index (χ0v) is 49.6. The van der Waals surface area contributed by atoms with E-state index in [1.54, 1.807) is 27.0 Å². The third kappa shape index (κ3) is 17.4. The second-order valence-electron chi connectivity index (χ2n) is 21.9. The minimum absolute atomic E-state index is 0.0822. The van der Waals surface area contributed by atoms with Crippen LogP contribution >= 0.6 is 0 Å². The third-order valence-corrected chi connectivity index (χ3v) is 15.6. The maximum Gasteiger partial charge on any atom is 0.328 e. The summed E-state index contributed by atoms with van der Waals surface area (Å²) in [6, 6.07) is 33.5. The number of nitrogens with one attached hydrogen (secondary N) is 3. The van der Waals surface area contributed by atoms with Gasteiger partial charge in [-0.05, 0) is 87.4 Å². The number of rotatable bonds is 23. The van der Waals surface area contributed by atoms with Crippen molar-refractivity contribution in [2.45, 2.75) is 90.4 Å². The number of carbonyl (C=O) groups excluding carboxylic acids is 6. The number of aryl methyl sites for hydroxylation is 2. The number of amides is 3. The van der Waals surface area contributed by atoms with Crippen molar-refractivity contribution >= 4 is 68.5 Å². The van der Waals surface area contributed by atoms with E-state index in [0.717, 1.165) is 92.3 Å². The van der Waals surface area contributed by atoms with Crippen molar-refractivity contribution in [3.05, 3.63) is 155 Å². The number of esters is 3. The fraction of sp³-hybridized carbons (Fsp3) is 0.424. The summed E-state index contributed by atoms with van der Waals surface area (Å²) in [5, 5.41) is 10.7. The van der Waals surface area contributed by atoms with Crippen molar-refractivity contribution in [2.75, 3.05) is 91.8 Å². The Morgan fingerprint density at radius 3 is 1.17 bits per heavy atom. The van der Waals surface area contributed by atoms with Gasteiger partial charge in [0.05, 0.1) is 78.6 Å². The highest BCUT2D eigenvalue weighted by Gasteiger charge is 2.29. The van der Waals surface area contributed by atoms with Gasteiger partial charge in [0.15, 0.2) is 0 Å². The van der Waals surface area contributed by atoms with Crippen LogP contribution in [0.15, 0.2) is 121 Å². The Balaban J connectivity index is 1.02. The van der Waals surface area contributed by atoms with Gasteiger partial charge < -0.3 is 30.2 Å². The van der Waals surface area contributed by atoms with E-state index in [2.05, 4.69) is 26.9 Å². The zero-order chi connectivity index (χ0) is 60.2. The Labute approximate surface area is 502 Å². The molecule has 1 saturated heterocycles. The van der Waals surface area contributed by atoms with Gasteiger partial charge in [0, 0.05) is 95.1 Å². The predicted octanol–water partition coefficient (Wildman–Crippen LogP) is 5.20. The molecule has 20 heteroatoms. The van der Waals surface area contributed by atoms with Crippen LogP contribution < -0.4 is 16.0 Å². The normalized spacial score (nSPS) is 15.9. The quantitative estimate of drug-likeness (QED) is 0.0425. The maximum absolute atomic E-state index is 14.3. The average Bonchev–Trinajstić information content (AvgIpc) is 0.836. The van der Waals surface area contributed by atoms with Gasteiger partial charge in [-0.25, -0.2) is 29.3 Å². The monoisotopic (exact) mass is 1170 g/mol. The molecule has 86 heavy (non-hydrogen) atoms. The molecule has 0 spiro atoms. The molecule has 3 aromatic heterocycles. The molecule has 0 radical (unpaired) electrons. The van der Waals surface area contributed by atoms with Crippen LogP contribution in [0.1, 0.15) is 67.4 Å². The van der Waals surface area contributed by atoms with E-state index in [4.69, 9.17) is 34.1 Å². The summed E-state index contributed by atoms with van der Waals surface area (Å²) in [5.74, 6) is -2.79. The standard InChI is InChI=1S/C66H79N11O9/c1-4-84-64(81)54(39-46-19-10-7-11-20-46)69-57(78)43-75-33-31-74(42-49-28-29-51-61(68-49)60-50(25-18-30-67-60)62-63(51)73-53-27-17-16-26-52(53)72-62)32-34-76(44-58(79)70-55(65(82)85-5-2)40-47-21-12-8-13-22-47)36-38-77(37-35-75)45-59(80)71-56(66(83)86-6-3)41-48-23-14-9-15-24-48/h7-15,18-25,28-30,54-56H,4-6,16-17,26-27,31-45H2,1-3H3,(H,69,78)(H,70,79)(H,71,80)/t54-,55-,56-/m0/s1. The highest BCUT2D eigenvalue weighted by molar-refractivity contribution is 6.20. The van der Waals surface area contributed by atoms with Crippen LogP contribution in [0.4, 0.5) is 0 Å². The second-order valence-corrected chi connectivity index (χ2v) is 21.9. The van der Waals surface area contributed by atoms with Crippen LogP contribution in [0.5, 0.6) is 0 Å². The number of carbonyl (C=O) groups is 6. The Morgan fingerprint density at radius 1 is 0.430 bits per heavy atom.